The number of nitriles is 1. The average molecular weight is 509 g/mol. The second-order valence-corrected chi connectivity index (χ2v) is 10.6. The van der Waals surface area contributed by atoms with Gasteiger partial charge in [-0.25, -0.2) is 0 Å². The minimum absolute atomic E-state index is 0.0905. The minimum Gasteiger partial charge on any atom is -0.325 e. The molecular weight excluding hydrogens is 480 g/mol. The van der Waals surface area contributed by atoms with E-state index in [1.165, 1.54) is 28.0 Å². The molecule has 1 aliphatic rings. The Kier molecular flexibility index (Phi) is 7.88. The van der Waals surface area contributed by atoms with Gasteiger partial charge in [-0.2, -0.15) is 5.26 Å². The fraction of sp³-hybridized carbons (Fsp3) is 0.400. The first kappa shape index (κ1) is 24.9. The summed E-state index contributed by atoms with van der Waals surface area (Å²) in [6, 6.07) is 8.15. The van der Waals surface area contributed by atoms with E-state index >= 15 is 0 Å². The molecule has 0 fully saturated rings. The zero-order valence-electron chi connectivity index (χ0n) is 20.1. The van der Waals surface area contributed by atoms with Crippen LogP contribution in [0.25, 0.3) is 0 Å². The number of anilines is 2. The first-order valence-corrected chi connectivity index (χ1v) is 13.5. The summed E-state index contributed by atoms with van der Waals surface area (Å²) in [5.41, 5.74) is 4.63. The lowest BCUT2D eigenvalue weighted by atomic mass is 9.96. The maximum atomic E-state index is 12.7. The summed E-state index contributed by atoms with van der Waals surface area (Å²) in [5.74, 6) is 0.333. The summed E-state index contributed by atoms with van der Waals surface area (Å²) < 4.78 is 1.85. The van der Waals surface area contributed by atoms with E-state index in [4.69, 9.17) is 0 Å². The SMILES string of the molecule is CCn1c(CC(=O)Nc2ccc(C)cc2C)nnc1SCC(=O)Nc1sc2c(c1C#N)CCCC2. The monoisotopic (exact) mass is 508 g/mol. The van der Waals surface area contributed by atoms with E-state index in [1.807, 2.05) is 43.5 Å². The van der Waals surface area contributed by atoms with Crippen LogP contribution in [0.1, 0.15) is 52.7 Å². The van der Waals surface area contributed by atoms with Crippen LogP contribution in [-0.4, -0.2) is 32.3 Å². The molecule has 35 heavy (non-hydrogen) atoms. The highest BCUT2D eigenvalue weighted by Crippen LogP contribution is 2.37. The van der Waals surface area contributed by atoms with Crippen molar-refractivity contribution in [2.75, 3.05) is 16.4 Å². The molecule has 8 nitrogen and oxygen atoms in total. The van der Waals surface area contributed by atoms with E-state index in [0.717, 1.165) is 48.1 Å². The zero-order chi connectivity index (χ0) is 24.9. The fourth-order valence-electron chi connectivity index (χ4n) is 4.23. The number of carbonyl (C=O) groups excluding carboxylic acids is 2. The van der Waals surface area contributed by atoms with Gasteiger partial charge in [-0.3, -0.25) is 9.59 Å². The Morgan fingerprint density at radius 1 is 1.17 bits per heavy atom. The molecule has 0 spiro atoms. The van der Waals surface area contributed by atoms with Crippen LogP contribution in [0.2, 0.25) is 0 Å². The van der Waals surface area contributed by atoms with Crippen LogP contribution in [0.3, 0.4) is 0 Å². The third kappa shape index (κ3) is 5.74. The number of nitrogens with one attached hydrogen (secondary N) is 2. The van der Waals surface area contributed by atoms with Gasteiger partial charge in [-0.1, -0.05) is 29.5 Å². The van der Waals surface area contributed by atoms with Crippen molar-refractivity contribution >= 4 is 45.6 Å². The van der Waals surface area contributed by atoms with Gasteiger partial charge < -0.3 is 15.2 Å². The molecule has 0 saturated heterocycles. The summed E-state index contributed by atoms with van der Waals surface area (Å²) in [7, 11) is 0. The van der Waals surface area contributed by atoms with Crippen LogP contribution < -0.4 is 10.6 Å². The van der Waals surface area contributed by atoms with Gasteiger partial charge >= 0.3 is 0 Å². The standard InChI is InChI=1S/C25H28N6O2S2/c1-4-31-21(12-22(32)27-19-10-9-15(2)11-16(19)3)29-30-25(31)34-14-23(33)28-24-18(13-26)17-7-5-6-8-20(17)35-24/h9-11H,4-8,12,14H2,1-3H3,(H,27,32)(H,28,33). The molecule has 0 radical (unpaired) electrons. The van der Waals surface area contributed by atoms with Crippen molar-refractivity contribution in [2.24, 2.45) is 0 Å². The molecular formula is C25H28N6O2S2. The quantitative estimate of drug-likeness (QED) is 0.429. The third-order valence-corrected chi connectivity index (χ3v) is 8.13. The Hall–Kier alpha value is -3.16. The van der Waals surface area contributed by atoms with E-state index in [-0.39, 0.29) is 24.0 Å². The summed E-state index contributed by atoms with van der Waals surface area (Å²) in [4.78, 5) is 26.5. The van der Waals surface area contributed by atoms with Crippen molar-refractivity contribution in [2.45, 2.75) is 64.6 Å². The topological polar surface area (TPSA) is 113 Å². The molecule has 3 aromatic rings. The van der Waals surface area contributed by atoms with Crippen LogP contribution in [0.15, 0.2) is 23.4 Å². The number of hydrogen-bond donors (Lipinski definition) is 2. The second-order valence-electron chi connectivity index (χ2n) is 8.55. The van der Waals surface area contributed by atoms with Gasteiger partial charge in [0.1, 0.15) is 16.9 Å². The molecule has 0 unspecified atom stereocenters. The molecule has 0 atom stereocenters. The zero-order valence-corrected chi connectivity index (χ0v) is 21.7. The molecule has 0 bridgehead atoms. The highest BCUT2D eigenvalue weighted by Gasteiger charge is 2.22. The minimum atomic E-state index is -0.190. The number of rotatable bonds is 8. The molecule has 2 heterocycles. The maximum absolute atomic E-state index is 12.7. The van der Waals surface area contributed by atoms with Crippen molar-refractivity contribution in [3.8, 4) is 6.07 Å². The first-order chi connectivity index (χ1) is 16.9. The summed E-state index contributed by atoms with van der Waals surface area (Å²) in [6.07, 6.45) is 4.17. The number of thiophene rings is 1. The molecule has 1 aromatic carbocycles. The molecule has 0 aliphatic heterocycles. The molecule has 0 saturated carbocycles. The van der Waals surface area contributed by atoms with E-state index in [2.05, 4.69) is 26.9 Å². The molecule has 182 valence electrons. The summed E-state index contributed by atoms with van der Waals surface area (Å²) in [5, 5.41) is 25.1. The van der Waals surface area contributed by atoms with Crippen LogP contribution in [-0.2, 0) is 35.4 Å². The van der Waals surface area contributed by atoms with Crippen molar-refractivity contribution in [3.05, 3.63) is 51.2 Å². The van der Waals surface area contributed by atoms with Gasteiger partial charge in [0.25, 0.3) is 0 Å². The molecule has 1 aliphatic carbocycles. The molecule has 2 aromatic heterocycles. The van der Waals surface area contributed by atoms with E-state index < -0.39 is 0 Å². The average Bonchev–Trinajstić information content (AvgIpc) is 3.39. The van der Waals surface area contributed by atoms with Gasteiger partial charge in [0.15, 0.2) is 5.16 Å². The van der Waals surface area contributed by atoms with Crippen molar-refractivity contribution in [1.82, 2.24) is 14.8 Å². The number of fused-ring (bicyclic) bond motifs is 1. The highest BCUT2D eigenvalue weighted by molar-refractivity contribution is 7.99. The summed E-state index contributed by atoms with van der Waals surface area (Å²) >= 11 is 2.79. The predicted molar refractivity (Wildman–Crippen MR) is 139 cm³/mol. The number of thioether (sulfide) groups is 1. The lowest BCUT2D eigenvalue weighted by Gasteiger charge is -2.10. The van der Waals surface area contributed by atoms with Crippen molar-refractivity contribution < 1.29 is 9.59 Å². The van der Waals surface area contributed by atoms with E-state index in [1.54, 1.807) is 0 Å². The number of benzene rings is 1. The van der Waals surface area contributed by atoms with Gasteiger partial charge in [0.2, 0.25) is 11.8 Å². The van der Waals surface area contributed by atoms with Gasteiger partial charge in [-0.05, 0) is 63.6 Å². The number of amides is 2. The van der Waals surface area contributed by atoms with E-state index in [0.29, 0.717) is 28.1 Å². The third-order valence-electron chi connectivity index (χ3n) is 5.95. The van der Waals surface area contributed by atoms with Crippen LogP contribution in [0, 0.1) is 25.2 Å². The van der Waals surface area contributed by atoms with E-state index in [9.17, 15) is 14.9 Å². The fourth-order valence-corrected chi connectivity index (χ4v) is 6.31. The molecule has 10 heteroatoms. The van der Waals surface area contributed by atoms with Crippen molar-refractivity contribution in [1.29, 1.82) is 5.26 Å². The van der Waals surface area contributed by atoms with Crippen LogP contribution in [0.5, 0.6) is 0 Å². The number of nitrogens with zero attached hydrogens (tertiary/aromatic N) is 4. The lowest BCUT2D eigenvalue weighted by Crippen LogP contribution is -2.18. The highest BCUT2D eigenvalue weighted by atomic mass is 32.2. The summed E-state index contributed by atoms with van der Waals surface area (Å²) in [6.45, 7) is 6.51. The largest absolute Gasteiger partial charge is 0.325 e. The predicted octanol–water partition coefficient (Wildman–Crippen LogP) is 4.64. The Labute approximate surface area is 213 Å². The molecule has 4 rings (SSSR count). The van der Waals surface area contributed by atoms with Crippen LogP contribution in [0.4, 0.5) is 10.7 Å². The maximum Gasteiger partial charge on any atom is 0.235 e. The second kappa shape index (κ2) is 11.1. The van der Waals surface area contributed by atoms with Crippen molar-refractivity contribution in [3.63, 3.8) is 0 Å². The smallest absolute Gasteiger partial charge is 0.235 e. The van der Waals surface area contributed by atoms with Gasteiger partial charge in [0.05, 0.1) is 17.7 Å². The Morgan fingerprint density at radius 2 is 1.97 bits per heavy atom. The molecule has 2 amide bonds. The number of aryl methyl sites for hydroxylation is 3. The Bertz CT molecular complexity index is 1300. The molecule has 2 N–H and O–H groups in total. The Balaban J connectivity index is 1.37. The first-order valence-electron chi connectivity index (χ1n) is 11.7. The lowest BCUT2D eigenvalue weighted by molar-refractivity contribution is -0.116. The van der Waals surface area contributed by atoms with Gasteiger partial charge in [0, 0.05) is 17.1 Å². The number of carbonyl (C=O) groups is 2. The van der Waals surface area contributed by atoms with Gasteiger partial charge in [-0.15, -0.1) is 21.5 Å². The Morgan fingerprint density at radius 3 is 2.71 bits per heavy atom. The van der Waals surface area contributed by atoms with Crippen LogP contribution >= 0.6 is 23.1 Å². The number of hydrogen-bond acceptors (Lipinski definition) is 7. The normalized spacial score (nSPS) is 12.6. The number of aromatic nitrogens is 3.